The number of ether oxygens (including phenoxy) is 4. The van der Waals surface area contributed by atoms with Crippen molar-refractivity contribution < 1.29 is 18.9 Å². The summed E-state index contributed by atoms with van der Waals surface area (Å²) in [5.74, 6) is 1.82. The minimum atomic E-state index is -0.293. The maximum Gasteiger partial charge on any atom is 0.351 e. The molecule has 3 aromatic rings. The van der Waals surface area contributed by atoms with E-state index in [2.05, 4.69) is 4.98 Å². The summed E-state index contributed by atoms with van der Waals surface area (Å²) in [6.07, 6.45) is 2.81. The molecule has 0 aliphatic carbocycles. The maximum atomic E-state index is 12.6. The second kappa shape index (κ2) is 9.85. The lowest BCUT2D eigenvalue weighted by atomic mass is 9.97. The van der Waals surface area contributed by atoms with Crippen molar-refractivity contribution in [3.8, 4) is 28.6 Å². The highest BCUT2D eigenvalue weighted by Gasteiger charge is 2.21. The Kier molecular flexibility index (Phi) is 6.51. The summed E-state index contributed by atoms with van der Waals surface area (Å²) in [7, 11) is 0. The zero-order valence-electron chi connectivity index (χ0n) is 18.2. The van der Waals surface area contributed by atoms with Crippen molar-refractivity contribution in [1.82, 2.24) is 9.55 Å². The predicted molar refractivity (Wildman–Crippen MR) is 125 cm³/mol. The zero-order chi connectivity index (χ0) is 22.6. The second-order valence-electron chi connectivity index (χ2n) is 8.08. The largest absolute Gasteiger partial charge is 0.490 e. The lowest BCUT2D eigenvalue weighted by molar-refractivity contribution is 0.0661. The molecule has 172 valence electrons. The van der Waals surface area contributed by atoms with E-state index in [1.807, 2.05) is 36.4 Å². The van der Waals surface area contributed by atoms with E-state index < -0.39 is 0 Å². The minimum absolute atomic E-state index is 0.0698. The van der Waals surface area contributed by atoms with Crippen LogP contribution in [0.1, 0.15) is 18.4 Å². The van der Waals surface area contributed by atoms with E-state index >= 15 is 0 Å². The molecule has 2 aliphatic rings. The molecular weight excluding hydrogens is 444 g/mol. The van der Waals surface area contributed by atoms with Gasteiger partial charge in [-0.15, -0.1) is 0 Å². The SMILES string of the molecule is O=c1nc(OCC2CCCO2)cc2n1CCc1cc(OCCOc3cccc(Cl)c3)ccc1-2. The molecule has 5 rings (SSSR count). The Morgan fingerprint density at radius 1 is 1.06 bits per heavy atom. The van der Waals surface area contributed by atoms with E-state index in [9.17, 15) is 4.79 Å². The lowest BCUT2D eigenvalue weighted by Crippen LogP contribution is -2.29. The molecule has 1 atom stereocenters. The van der Waals surface area contributed by atoms with E-state index in [0.717, 1.165) is 48.4 Å². The molecule has 33 heavy (non-hydrogen) atoms. The van der Waals surface area contributed by atoms with Gasteiger partial charge in [-0.3, -0.25) is 4.57 Å². The van der Waals surface area contributed by atoms with Crippen LogP contribution >= 0.6 is 11.6 Å². The van der Waals surface area contributed by atoms with E-state index in [1.165, 1.54) is 0 Å². The first kappa shape index (κ1) is 21.8. The van der Waals surface area contributed by atoms with Crippen molar-refractivity contribution in [1.29, 1.82) is 0 Å². The van der Waals surface area contributed by atoms with Crippen LogP contribution in [-0.2, 0) is 17.7 Å². The second-order valence-corrected chi connectivity index (χ2v) is 8.52. The summed E-state index contributed by atoms with van der Waals surface area (Å²) in [4.78, 5) is 16.7. The molecule has 7 nitrogen and oxygen atoms in total. The normalized spacial score (nSPS) is 16.7. The highest BCUT2D eigenvalue weighted by Crippen LogP contribution is 2.32. The molecule has 1 unspecified atom stereocenters. The quantitative estimate of drug-likeness (QED) is 0.463. The molecular formula is C25H25ClN2O5. The van der Waals surface area contributed by atoms with Gasteiger partial charge in [0.15, 0.2) is 0 Å². The van der Waals surface area contributed by atoms with Crippen LogP contribution in [0.25, 0.3) is 11.3 Å². The Hall–Kier alpha value is -3.03. The highest BCUT2D eigenvalue weighted by atomic mass is 35.5. The molecule has 1 fully saturated rings. The first-order chi connectivity index (χ1) is 16.2. The number of aryl methyl sites for hydroxylation is 1. The molecule has 0 spiro atoms. The number of benzene rings is 2. The number of rotatable bonds is 8. The molecule has 8 heteroatoms. The molecule has 2 aromatic carbocycles. The third-order valence-corrected chi connectivity index (χ3v) is 6.04. The Balaban J connectivity index is 1.25. The van der Waals surface area contributed by atoms with Crippen LogP contribution in [0.5, 0.6) is 17.4 Å². The number of hydrogen-bond acceptors (Lipinski definition) is 6. The van der Waals surface area contributed by atoms with E-state index in [-0.39, 0.29) is 11.8 Å². The Morgan fingerprint density at radius 3 is 2.70 bits per heavy atom. The van der Waals surface area contributed by atoms with Crippen LogP contribution in [-0.4, -0.2) is 42.1 Å². The van der Waals surface area contributed by atoms with Gasteiger partial charge in [0.1, 0.15) is 31.3 Å². The van der Waals surface area contributed by atoms with Gasteiger partial charge in [0, 0.05) is 29.8 Å². The lowest BCUT2D eigenvalue weighted by Gasteiger charge is -2.22. The molecule has 0 bridgehead atoms. The maximum absolute atomic E-state index is 12.6. The summed E-state index contributed by atoms with van der Waals surface area (Å²) in [5, 5.41) is 0.637. The first-order valence-corrected chi connectivity index (χ1v) is 11.5. The van der Waals surface area contributed by atoms with Gasteiger partial charge >= 0.3 is 5.69 Å². The Labute approximate surface area is 196 Å². The van der Waals surface area contributed by atoms with Gasteiger partial charge in [-0.25, -0.2) is 4.79 Å². The van der Waals surface area contributed by atoms with Gasteiger partial charge in [0.25, 0.3) is 0 Å². The molecule has 1 aromatic heterocycles. The Bertz CT molecular complexity index is 1190. The molecule has 0 amide bonds. The van der Waals surface area contributed by atoms with Crippen molar-refractivity contribution >= 4 is 11.6 Å². The first-order valence-electron chi connectivity index (χ1n) is 11.2. The summed E-state index contributed by atoms with van der Waals surface area (Å²) in [5.41, 5.74) is 2.64. The Morgan fingerprint density at radius 2 is 1.91 bits per heavy atom. The number of hydrogen-bond donors (Lipinski definition) is 0. The summed E-state index contributed by atoms with van der Waals surface area (Å²) in [6.45, 7) is 2.56. The molecule has 0 radical (unpaired) electrons. The standard InChI is InChI=1S/C25H25ClN2O5/c26-18-3-1-4-19(14-18)31-11-12-32-20-6-7-22-17(13-20)8-9-28-23(22)15-24(27-25(28)29)33-16-21-5-2-10-30-21/h1,3-4,6-7,13-15,21H,2,5,8-12,16H2. The van der Waals surface area contributed by atoms with Crippen LogP contribution < -0.4 is 19.9 Å². The number of nitrogens with zero attached hydrogens (tertiary/aromatic N) is 2. The van der Waals surface area contributed by atoms with E-state index in [1.54, 1.807) is 16.7 Å². The third-order valence-electron chi connectivity index (χ3n) is 5.80. The van der Waals surface area contributed by atoms with Crippen molar-refractivity contribution in [2.45, 2.75) is 31.9 Å². The molecule has 3 heterocycles. The van der Waals surface area contributed by atoms with Crippen LogP contribution in [0.3, 0.4) is 0 Å². The third kappa shape index (κ3) is 5.15. The fourth-order valence-electron chi connectivity index (χ4n) is 4.18. The van der Waals surface area contributed by atoms with E-state index in [0.29, 0.717) is 43.0 Å². The molecule has 2 aliphatic heterocycles. The van der Waals surface area contributed by atoms with Crippen LogP contribution in [0.2, 0.25) is 5.02 Å². The van der Waals surface area contributed by atoms with Gasteiger partial charge in [-0.1, -0.05) is 17.7 Å². The van der Waals surface area contributed by atoms with Crippen LogP contribution in [0.4, 0.5) is 0 Å². The summed E-state index contributed by atoms with van der Waals surface area (Å²) < 4.78 is 24.6. The van der Waals surface area contributed by atoms with Gasteiger partial charge in [-0.05, 0) is 61.2 Å². The monoisotopic (exact) mass is 468 g/mol. The smallest absolute Gasteiger partial charge is 0.351 e. The van der Waals surface area contributed by atoms with Gasteiger partial charge in [-0.2, -0.15) is 4.98 Å². The summed E-state index contributed by atoms with van der Waals surface area (Å²) >= 11 is 5.97. The molecule has 0 saturated carbocycles. The predicted octanol–water partition coefficient (Wildman–Crippen LogP) is 4.14. The molecule has 1 saturated heterocycles. The molecule has 0 N–H and O–H groups in total. The average Bonchev–Trinajstić information content (AvgIpc) is 3.34. The van der Waals surface area contributed by atoms with Crippen molar-refractivity contribution in [2.24, 2.45) is 0 Å². The van der Waals surface area contributed by atoms with Gasteiger partial charge in [0.05, 0.1) is 11.8 Å². The van der Waals surface area contributed by atoms with Gasteiger partial charge in [0.2, 0.25) is 5.88 Å². The van der Waals surface area contributed by atoms with Crippen LogP contribution in [0, 0.1) is 0 Å². The van der Waals surface area contributed by atoms with Crippen molar-refractivity contribution in [2.75, 3.05) is 26.4 Å². The minimum Gasteiger partial charge on any atom is -0.490 e. The fourth-order valence-corrected chi connectivity index (χ4v) is 4.36. The zero-order valence-corrected chi connectivity index (χ0v) is 18.9. The van der Waals surface area contributed by atoms with Crippen LogP contribution in [0.15, 0.2) is 53.3 Å². The number of fused-ring (bicyclic) bond motifs is 3. The van der Waals surface area contributed by atoms with E-state index in [4.69, 9.17) is 30.5 Å². The highest BCUT2D eigenvalue weighted by molar-refractivity contribution is 6.30. The van der Waals surface area contributed by atoms with Crippen molar-refractivity contribution in [3.63, 3.8) is 0 Å². The number of halogens is 1. The average molecular weight is 469 g/mol. The fraction of sp³-hybridized carbons (Fsp3) is 0.360. The summed E-state index contributed by atoms with van der Waals surface area (Å²) in [6, 6.07) is 15.0. The van der Waals surface area contributed by atoms with Crippen molar-refractivity contribution in [3.05, 3.63) is 69.6 Å². The van der Waals surface area contributed by atoms with Gasteiger partial charge < -0.3 is 18.9 Å². The number of aromatic nitrogens is 2. The topological polar surface area (TPSA) is 71.8 Å².